The van der Waals surface area contributed by atoms with Crippen molar-refractivity contribution >= 4 is 10.2 Å². The first-order valence-electron chi connectivity index (χ1n) is 6.55. The fraction of sp³-hybridized carbons (Fsp3) is 1.00. The SMILES string of the molecule is CC1(CNS(=O)(=O)N2CCNCC2)CCOCC1. The molecule has 0 unspecified atom stereocenters. The Labute approximate surface area is 109 Å². The Morgan fingerprint density at radius 3 is 2.50 bits per heavy atom. The number of rotatable bonds is 4. The average Bonchev–Trinajstić information content (AvgIpc) is 2.39. The Kier molecular flexibility index (Phi) is 4.60. The maximum absolute atomic E-state index is 12.1. The third-order valence-electron chi connectivity index (χ3n) is 3.80. The normalized spacial score (nSPS) is 26.1. The quantitative estimate of drug-likeness (QED) is 0.730. The summed E-state index contributed by atoms with van der Waals surface area (Å²) < 4.78 is 33.8. The maximum Gasteiger partial charge on any atom is 0.279 e. The predicted molar refractivity (Wildman–Crippen MR) is 69.5 cm³/mol. The van der Waals surface area contributed by atoms with Crippen LogP contribution < -0.4 is 10.0 Å². The van der Waals surface area contributed by atoms with Gasteiger partial charge in [-0.15, -0.1) is 0 Å². The van der Waals surface area contributed by atoms with Crippen LogP contribution in [0.25, 0.3) is 0 Å². The number of piperazine rings is 1. The fourth-order valence-corrected chi connectivity index (χ4v) is 3.66. The maximum atomic E-state index is 12.1. The zero-order chi connectivity index (χ0) is 13.1. The summed E-state index contributed by atoms with van der Waals surface area (Å²) in [4.78, 5) is 0. The van der Waals surface area contributed by atoms with Crippen molar-refractivity contribution < 1.29 is 13.2 Å². The van der Waals surface area contributed by atoms with Gasteiger partial charge in [-0.1, -0.05) is 6.92 Å². The van der Waals surface area contributed by atoms with Crippen molar-refractivity contribution in [2.24, 2.45) is 5.41 Å². The molecule has 2 fully saturated rings. The van der Waals surface area contributed by atoms with Crippen LogP contribution in [0.15, 0.2) is 0 Å². The molecule has 0 bridgehead atoms. The lowest BCUT2D eigenvalue weighted by Crippen LogP contribution is -2.52. The molecule has 2 heterocycles. The predicted octanol–water partition coefficient (Wildman–Crippen LogP) is -0.457. The van der Waals surface area contributed by atoms with Crippen LogP contribution in [0.3, 0.4) is 0 Å². The van der Waals surface area contributed by atoms with E-state index >= 15 is 0 Å². The van der Waals surface area contributed by atoms with Gasteiger partial charge in [-0.2, -0.15) is 12.7 Å². The summed E-state index contributed by atoms with van der Waals surface area (Å²) in [6, 6.07) is 0. The van der Waals surface area contributed by atoms with E-state index in [-0.39, 0.29) is 5.41 Å². The van der Waals surface area contributed by atoms with Gasteiger partial charge in [-0.25, -0.2) is 4.72 Å². The smallest absolute Gasteiger partial charge is 0.279 e. The molecule has 0 spiro atoms. The van der Waals surface area contributed by atoms with E-state index in [0.717, 1.165) is 39.1 Å². The molecule has 0 aromatic heterocycles. The molecular weight excluding hydrogens is 254 g/mol. The molecule has 0 saturated carbocycles. The largest absolute Gasteiger partial charge is 0.381 e. The molecule has 0 amide bonds. The molecule has 0 aliphatic carbocycles. The van der Waals surface area contributed by atoms with E-state index in [1.165, 1.54) is 4.31 Å². The molecule has 2 saturated heterocycles. The lowest BCUT2D eigenvalue weighted by atomic mass is 9.83. The highest BCUT2D eigenvalue weighted by molar-refractivity contribution is 7.87. The number of nitrogens with zero attached hydrogens (tertiary/aromatic N) is 1. The minimum Gasteiger partial charge on any atom is -0.381 e. The number of ether oxygens (including phenoxy) is 1. The zero-order valence-corrected chi connectivity index (χ0v) is 11.8. The molecular formula is C11H23N3O3S. The Morgan fingerprint density at radius 1 is 1.28 bits per heavy atom. The van der Waals surface area contributed by atoms with Crippen LogP contribution in [-0.4, -0.2) is 58.7 Å². The lowest BCUT2D eigenvalue weighted by molar-refractivity contribution is 0.0263. The van der Waals surface area contributed by atoms with Crippen molar-refractivity contribution in [2.75, 3.05) is 45.9 Å². The number of hydrogen-bond donors (Lipinski definition) is 2. The van der Waals surface area contributed by atoms with Gasteiger partial charge in [0.2, 0.25) is 0 Å². The third-order valence-corrected chi connectivity index (χ3v) is 5.35. The highest BCUT2D eigenvalue weighted by Crippen LogP contribution is 2.28. The van der Waals surface area contributed by atoms with Crippen LogP contribution in [0.4, 0.5) is 0 Å². The average molecular weight is 277 g/mol. The first kappa shape index (κ1) is 14.2. The second kappa shape index (κ2) is 5.83. The highest BCUT2D eigenvalue weighted by Gasteiger charge is 2.31. The van der Waals surface area contributed by atoms with Crippen LogP contribution >= 0.6 is 0 Å². The summed E-state index contributed by atoms with van der Waals surface area (Å²) in [6.07, 6.45) is 1.83. The first-order valence-corrected chi connectivity index (χ1v) is 7.99. The Morgan fingerprint density at radius 2 is 1.89 bits per heavy atom. The fourth-order valence-electron chi connectivity index (χ4n) is 2.28. The molecule has 106 valence electrons. The van der Waals surface area contributed by atoms with Crippen molar-refractivity contribution in [2.45, 2.75) is 19.8 Å². The summed E-state index contributed by atoms with van der Waals surface area (Å²) in [5.74, 6) is 0. The van der Waals surface area contributed by atoms with Gasteiger partial charge < -0.3 is 10.1 Å². The summed E-state index contributed by atoms with van der Waals surface area (Å²) in [5, 5.41) is 3.15. The lowest BCUT2D eigenvalue weighted by Gasteiger charge is -2.35. The van der Waals surface area contributed by atoms with E-state index in [4.69, 9.17) is 4.74 Å². The summed E-state index contributed by atoms with van der Waals surface area (Å²) in [7, 11) is -3.32. The highest BCUT2D eigenvalue weighted by atomic mass is 32.2. The Bertz CT molecular complexity index is 360. The molecule has 18 heavy (non-hydrogen) atoms. The number of hydrogen-bond acceptors (Lipinski definition) is 4. The summed E-state index contributed by atoms with van der Waals surface area (Å²) in [5.41, 5.74) is 0.0271. The van der Waals surface area contributed by atoms with E-state index in [9.17, 15) is 8.42 Å². The van der Waals surface area contributed by atoms with Gasteiger partial charge in [0.05, 0.1) is 0 Å². The standard InChI is InChI=1S/C11H23N3O3S/c1-11(2-8-17-9-3-11)10-13-18(15,16)14-6-4-12-5-7-14/h12-13H,2-10H2,1H3. The minimum atomic E-state index is -3.32. The molecule has 2 N–H and O–H groups in total. The van der Waals surface area contributed by atoms with E-state index in [2.05, 4.69) is 17.0 Å². The van der Waals surface area contributed by atoms with Crippen LogP contribution in [0, 0.1) is 5.41 Å². The molecule has 0 aromatic rings. The van der Waals surface area contributed by atoms with Gasteiger partial charge in [0.15, 0.2) is 0 Å². The Hall–Kier alpha value is -0.210. The number of nitrogens with one attached hydrogen (secondary N) is 2. The van der Waals surface area contributed by atoms with Crippen molar-refractivity contribution in [1.29, 1.82) is 0 Å². The monoisotopic (exact) mass is 277 g/mol. The molecule has 7 heteroatoms. The molecule has 0 atom stereocenters. The van der Waals surface area contributed by atoms with E-state index in [1.807, 2.05) is 0 Å². The van der Waals surface area contributed by atoms with Crippen molar-refractivity contribution in [1.82, 2.24) is 14.3 Å². The molecule has 0 aromatic carbocycles. The van der Waals surface area contributed by atoms with E-state index < -0.39 is 10.2 Å². The molecule has 0 radical (unpaired) electrons. The second-order valence-corrected chi connectivity index (χ2v) is 7.15. The van der Waals surface area contributed by atoms with Crippen molar-refractivity contribution in [3.63, 3.8) is 0 Å². The molecule has 2 aliphatic rings. The van der Waals surface area contributed by atoms with Gasteiger partial charge in [0.1, 0.15) is 0 Å². The van der Waals surface area contributed by atoms with Gasteiger partial charge in [-0.05, 0) is 18.3 Å². The third kappa shape index (κ3) is 3.64. The molecule has 2 rings (SSSR count). The summed E-state index contributed by atoms with van der Waals surface area (Å²) in [6.45, 7) is 6.64. The second-order valence-electron chi connectivity index (χ2n) is 5.40. The van der Waals surface area contributed by atoms with Crippen LogP contribution in [-0.2, 0) is 14.9 Å². The van der Waals surface area contributed by atoms with Gasteiger partial charge in [0, 0.05) is 45.9 Å². The summed E-state index contributed by atoms with van der Waals surface area (Å²) >= 11 is 0. The first-order chi connectivity index (χ1) is 8.52. The minimum absolute atomic E-state index is 0.0271. The van der Waals surface area contributed by atoms with Crippen molar-refractivity contribution in [3.05, 3.63) is 0 Å². The molecule has 2 aliphatic heterocycles. The topological polar surface area (TPSA) is 70.7 Å². The van der Waals surface area contributed by atoms with E-state index in [0.29, 0.717) is 19.6 Å². The zero-order valence-electron chi connectivity index (χ0n) is 10.9. The molecule has 6 nitrogen and oxygen atoms in total. The van der Waals surface area contributed by atoms with Gasteiger partial charge in [-0.3, -0.25) is 0 Å². The van der Waals surface area contributed by atoms with E-state index in [1.54, 1.807) is 0 Å². The van der Waals surface area contributed by atoms with Gasteiger partial charge >= 0.3 is 0 Å². The Balaban J connectivity index is 1.87. The van der Waals surface area contributed by atoms with Gasteiger partial charge in [0.25, 0.3) is 10.2 Å². The van der Waals surface area contributed by atoms with Crippen molar-refractivity contribution in [3.8, 4) is 0 Å². The van der Waals surface area contributed by atoms with Crippen LogP contribution in [0.2, 0.25) is 0 Å². The van der Waals surface area contributed by atoms with Crippen LogP contribution in [0.1, 0.15) is 19.8 Å². The van der Waals surface area contributed by atoms with Crippen LogP contribution in [0.5, 0.6) is 0 Å².